The van der Waals surface area contributed by atoms with E-state index in [0.29, 0.717) is 49.0 Å². The number of rotatable bonds is 12. The number of fused-ring (bicyclic) bond motifs is 3. The molecule has 192 valence electrons. The van der Waals surface area contributed by atoms with Crippen molar-refractivity contribution in [2.45, 2.75) is 51.6 Å². The van der Waals surface area contributed by atoms with Gasteiger partial charge in [-0.2, -0.15) is 13.2 Å². The molecule has 0 bridgehead atoms. The summed E-state index contributed by atoms with van der Waals surface area (Å²) in [5, 5.41) is 2.02. The predicted molar refractivity (Wildman–Crippen MR) is 130 cm³/mol. The van der Waals surface area contributed by atoms with E-state index in [9.17, 15) is 22.5 Å². The minimum Gasteiger partial charge on any atom is -0.398 e. The van der Waals surface area contributed by atoms with Crippen molar-refractivity contribution in [3.63, 3.8) is 0 Å². The van der Waals surface area contributed by atoms with Crippen LogP contribution in [0.3, 0.4) is 0 Å². The lowest BCUT2D eigenvalue weighted by Crippen LogP contribution is -2.37. The van der Waals surface area contributed by atoms with Gasteiger partial charge >= 0.3 is 13.8 Å². The third-order valence-corrected chi connectivity index (χ3v) is 8.15. The van der Waals surface area contributed by atoms with Crippen molar-refractivity contribution in [3.8, 4) is 11.1 Å². The highest BCUT2D eigenvalue weighted by Gasteiger charge is 2.37. The average molecular weight is 513 g/mol. The number of hydrogen-bond donors (Lipinski definition) is 2. The summed E-state index contributed by atoms with van der Waals surface area (Å²) in [5.74, 6) is -1.62. The largest absolute Gasteiger partial charge is 0.405 e. The lowest BCUT2D eigenvalue weighted by Gasteiger charge is -2.18. The zero-order valence-electron chi connectivity index (χ0n) is 20.0. The Morgan fingerprint density at radius 1 is 1.03 bits per heavy atom. The van der Waals surface area contributed by atoms with Gasteiger partial charge in [-0.15, -0.1) is 0 Å². The van der Waals surface area contributed by atoms with E-state index in [1.807, 2.05) is 29.6 Å². The van der Waals surface area contributed by atoms with Gasteiger partial charge in [-0.3, -0.25) is 9.36 Å². The van der Waals surface area contributed by atoms with Crippen LogP contribution in [0.5, 0.6) is 0 Å². The highest BCUT2D eigenvalue weighted by Crippen LogP contribution is 2.50. The Morgan fingerprint density at radius 2 is 1.71 bits per heavy atom. The second-order valence-electron chi connectivity index (χ2n) is 8.43. The fraction of sp³-hybridized carbons (Fsp3) is 0.480. The Morgan fingerprint density at radius 3 is 2.37 bits per heavy atom. The molecule has 0 aromatic heterocycles. The molecule has 0 saturated heterocycles. The molecule has 1 aliphatic carbocycles. The van der Waals surface area contributed by atoms with E-state index in [-0.39, 0.29) is 0 Å². The van der Waals surface area contributed by atoms with Crippen molar-refractivity contribution in [2.75, 3.05) is 31.7 Å². The van der Waals surface area contributed by atoms with E-state index in [1.54, 1.807) is 26.0 Å². The number of nitrogen functional groups attached to an aromatic ring is 1. The molecule has 1 unspecified atom stereocenters. The van der Waals surface area contributed by atoms with Gasteiger partial charge in [-0.25, -0.2) is 0 Å². The number of carbonyl (C=O) groups is 1. The monoisotopic (exact) mass is 512 g/mol. The third kappa shape index (κ3) is 6.66. The summed E-state index contributed by atoms with van der Waals surface area (Å²) >= 11 is 0. The van der Waals surface area contributed by atoms with Crippen LogP contribution in [0.1, 0.15) is 55.7 Å². The van der Waals surface area contributed by atoms with Gasteiger partial charge in [0.1, 0.15) is 6.54 Å². The Balaban J connectivity index is 1.73. The van der Waals surface area contributed by atoms with Gasteiger partial charge in [0, 0.05) is 11.3 Å². The minimum absolute atomic E-state index is 0.322. The van der Waals surface area contributed by atoms with E-state index in [1.165, 1.54) is 0 Å². The molecule has 6 nitrogen and oxygen atoms in total. The van der Waals surface area contributed by atoms with Crippen molar-refractivity contribution in [2.24, 2.45) is 0 Å². The summed E-state index contributed by atoms with van der Waals surface area (Å²) in [6.45, 7) is 2.80. The molecule has 35 heavy (non-hydrogen) atoms. The normalized spacial score (nSPS) is 15.1. The Hall–Kier alpha value is -2.35. The standard InChI is InChI=1S/C25H32F3N2O4P/c1-3-33-35(32,34-4-2)15-9-5-6-10-17-13-14-20-18-11-7-8-12-19(18)22(21(20)23(17)29)24(31)30-16-25(26,27)28/h7-8,11-14,22H,3-6,9-10,15-16,29H2,1-2H3,(H,30,31). The van der Waals surface area contributed by atoms with Crippen molar-refractivity contribution in [3.05, 3.63) is 53.1 Å². The SMILES string of the molecule is CCOP(=O)(CCCCCc1ccc2c(c1N)C(C(=O)NCC(F)(F)F)c1ccccc1-2)OCC. The van der Waals surface area contributed by atoms with Crippen molar-refractivity contribution in [1.82, 2.24) is 5.32 Å². The van der Waals surface area contributed by atoms with Crippen LogP contribution in [0.4, 0.5) is 18.9 Å². The van der Waals surface area contributed by atoms with E-state index in [2.05, 4.69) is 0 Å². The Kier molecular flexibility index (Phi) is 9.02. The topological polar surface area (TPSA) is 90.7 Å². The number of unbranched alkanes of at least 4 members (excludes halogenated alkanes) is 2. The molecule has 2 aromatic rings. The molecular weight excluding hydrogens is 480 g/mol. The molecule has 2 aromatic carbocycles. The van der Waals surface area contributed by atoms with Crippen LogP contribution in [0.15, 0.2) is 36.4 Å². The fourth-order valence-corrected chi connectivity index (χ4v) is 6.24. The number of benzene rings is 2. The van der Waals surface area contributed by atoms with E-state index in [4.69, 9.17) is 14.8 Å². The third-order valence-electron chi connectivity index (χ3n) is 5.98. The summed E-state index contributed by atoms with van der Waals surface area (Å²) in [4.78, 5) is 12.9. The molecule has 0 heterocycles. The molecule has 1 aliphatic rings. The molecule has 1 amide bonds. The molecule has 0 fully saturated rings. The molecule has 1 atom stereocenters. The summed E-state index contributed by atoms with van der Waals surface area (Å²) in [6.07, 6.45) is -1.34. The lowest BCUT2D eigenvalue weighted by molar-refractivity contribution is -0.138. The van der Waals surface area contributed by atoms with Crippen LogP contribution in [-0.2, 0) is 24.8 Å². The molecule has 0 aliphatic heterocycles. The van der Waals surface area contributed by atoms with Crippen LogP contribution in [-0.4, -0.2) is 38.0 Å². The quantitative estimate of drug-likeness (QED) is 0.206. The second kappa shape index (κ2) is 11.6. The first-order valence-electron chi connectivity index (χ1n) is 11.8. The number of alkyl halides is 3. The number of anilines is 1. The van der Waals surface area contributed by atoms with E-state index >= 15 is 0 Å². The molecule has 0 radical (unpaired) electrons. The highest BCUT2D eigenvalue weighted by molar-refractivity contribution is 7.53. The molecule has 3 rings (SSSR count). The van der Waals surface area contributed by atoms with Crippen LogP contribution in [0.2, 0.25) is 0 Å². The summed E-state index contributed by atoms with van der Waals surface area (Å²) in [6, 6.07) is 11.0. The molecule has 0 saturated carbocycles. The second-order valence-corrected chi connectivity index (χ2v) is 10.6. The Labute approximate surface area is 203 Å². The summed E-state index contributed by atoms with van der Waals surface area (Å²) in [5.41, 5.74) is 10.5. The van der Waals surface area contributed by atoms with Gasteiger partial charge in [0.2, 0.25) is 5.91 Å². The number of hydrogen-bond acceptors (Lipinski definition) is 5. The molecule has 10 heteroatoms. The summed E-state index contributed by atoms with van der Waals surface area (Å²) in [7, 11) is -3.07. The molecule has 0 spiro atoms. The van der Waals surface area contributed by atoms with Gasteiger partial charge in [-0.05, 0) is 55.4 Å². The maximum Gasteiger partial charge on any atom is 0.405 e. The zero-order valence-corrected chi connectivity index (χ0v) is 20.9. The summed E-state index contributed by atoms with van der Waals surface area (Å²) < 4.78 is 61.4. The average Bonchev–Trinajstić information content (AvgIpc) is 3.14. The molecule has 3 N–H and O–H groups in total. The smallest absolute Gasteiger partial charge is 0.398 e. The van der Waals surface area contributed by atoms with Gasteiger partial charge in [0.15, 0.2) is 0 Å². The number of nitrogens with two attached hydrogens (primary N) is 1. The van der Waals surface area contributed by atoms with Crippen LogP contribution < -0.4 is 11.1 Å². The maximum atomic E-state index is 12.9. The van der Waals surface area contributed by atoms with Crippen LogP contribution in [0, 0.1) is 0 Å². The zero-order chi connectivity index (χ0) is 25.6. The van der Waals surface area contributed by atoms with Gasteiger partial charge in [-0.1, -0.05) is 42.8 Å². The van der Waals surface area contributed by atoms with Crippen molar-refractivity contribution < 1.29 is 31.6 Å². The minimum atomic E-state index is -4.50. The fourth-order valence-electron chi connectivity index (χ4n) is 4.51. The first kappa shape index (κ1) is 27.2. The number of carbonyl (C=O) groups excluding carboxylic acids is 1. The maximum absolute atomic E-state index is 12.9. The number of nitrogens with one attached hydrogen (secondary N) is 1. The predicted octanol–water partition coefficient (Wildman–Crippen LogP) is 6.04. The van der Waals surface area contributed by atoms with Gasteiger partial charge in [0.05, 0.1) is 25.3 Å². The lowest BCUT2D eigenvalue weighted by atomic mass is 9.91. The number of aryl methyl sites for hydroxylation is 1. The number of halogens is 3. The van der Waals surface area contributed by atoms with E-state index < -0.39 is 32.1 Å². The van der Waals surface area contributed by atoms with Crippen LogP contribution >= 0.6 is 7.60 Å². The van der Waals surface area contributed by atoms with Crippen LogP contribution in [0.25, 0.3) is 11.1 Å². The Bertz CT molecular complexity index is 1080. The molecular formula is C25H32F3N2O4P. The van der Waals surface area contributed by atoms with Crippen molar-refractivity contribution >= 4 is 19.2 Å². The van der Waals surface area contributed by atoms with Gasteiger partial charge < -0.3 is 20.1 Å². The number of amides is 1. The highest BCUT2D eigenvalue weighted by atomic mass is 31.2. The van der Waals surface area contributed by atoms with Gasteiger partial charge in [0.25, 0.3) is 0 Å². The first-order chi connectivity index (χ1) is 16.6. The van der Waals surface area contributed by atoms with Crippen molar-refractivity contribution in [1.29, 1.82) is 0 Å². The van der Waals surface area contributed by atoms with E-state index in [0.717, 1.165) is 29.5 Å². The first-order valence-corrected chi connectivity index (χ1v) is 13.6.